The Morgan fingerprint density at radius 2 is 1.58 bits per heavy atom. The molecule has 0 radical (unpaired) electrons. The highest BCUT2D eigenvalue weighted by Gasteiger charge is 2.31. The average Bonchev–Trinajstić information content (AvgIpc) is 2.69. The first kappa shape index (κ1) is 27.2. The maximum atomic E-state index is 13.4. The number of rotatable bonds is 9. The molecule has 0 aliphatic heterocycles. The highest BCUT2D eigenvalue weighted by Crippen LogP contribution is 2.27. The Labute approximate surface area is 209 Å². The minimum absolute atomic E-state index is 0.0861. The highest BCUT2D eigenvalue weighted by atomic mass is 35.5. The first-order valence-corrected chi connectivity index (χ1v) is 13.1. The molecule has 0 saturated carbocycles. The Morgan fingerprint density at radius 1 is 1.00 bits per heavy atom. The van der Waals surface area contributed by atoms with Crippen molar-refractivity contribution in [2.24, 2.45) is 0 Å². The molecule has 1 atom stereocenters. The van der Waals surface area contributed by atoms with Crippen molar-refractivity contribution in [2.45, 2.75) is 39.4 Å². The van der Waals surface area contributed by atoms with Crippen LogP contribution in [0.1, 0.15) is 26.3 Å². The van der Waals surface area contributed by atoms with Crippen molar-refractivity contribution < 1.29 is 18.0 Å². The van der Waals surface area contributed by atoms with Crippen LogP contribution in [0.2, 0.25) is 15.1 Å². The molecule has 33 heavy (non-hydrogen) atoms. The van der Waals surface area contributed by atoms with Gasteiger partial charge in [-0.05, 0) is 51.1 Å². The summed E-state index contributed by atoms with van der Waals surface area (Å²) in [6.07, 6.45) is 0.991. The van der Waals surface area contributed by atoms with Gasteiger partial charge in [-0.15, -0.1) is 0 Å². The normalized spacial score (nSPS) is 12.4. The lowest BCUT2D eigenvalue weighted by Crippen LogP contribution is -2.52. The lowest BCUT2D eigenvalue weighted by molar-refractivity contribution is -0.139. The quantitative estimate of drug-likeness (QED) is 0.518. The molecule has 2 amide bonds. The summed E-state index contributed by atoms with van der Waals surface area (Å²) >= 11 is 18.6. The minimum Gasteiger partial charge on any atom is -0.352 e. The molecule has 180 valence electrons. The number of sulfonamides is 1. The maximum Gasteiger partial charge on any atom is 0.244 e. The molecular formula is C22H26Cl3N3O4S. The van der Waals surface area contributed by atoms with Gasteiger partial charge in [0.05, 0.1) is 11.9 Å². The Balaban J connectivity index is 2.45. The van der Waals surface area contributed by atoms with Crippen LogP contribution in [-0.2, 0) is 26.2 Å². The molecule has 0 aliphatic carbocycles. The van der Waals surface area contributed by atoms with Crippen LogP contribution in [0.15, 0.2) is 42.5 Å². The van der Waals surface area contributed by atoms with E-state index in [0.29, 0.717) is 20.6 Å². The van der Waals surface area contributed by atoms with E-state index in [9.17, 15) is 18.0 Å². The topological polar surface area (TPSA) is 86.8 Å². The van der Waals surface area contributed by atoms with Crippen LogP contribution in [0.4, 0.5) is 5.69 Å². The number of anilines is 1. The summed E-state index contributed by atoms with van der Waals surface area (Å²) in [4.78, 5) is 27.4. The second kappa shape index (κ2) is 11.4. The van der Waals surface area contributed by atoms with Crippen LogP contribution >= 0.6 is 34.8 Å². The van der Waals surface area contributed by atoms with Crippen LogP contribution < -0.4 is 9.62 Å². The number of carbonyl (C=O) groups excluding carboxylic acids is 2. The van der Waals surface area contributed by atoms with Crippen molar-refractivity contribution in [3.05, 3.63) is 63.1 Å². The van der Waals surface area contributed by atoms with Gasteiger partial charge in [-0.1, -0.05) is 46.9 Å². The van der Waals surface area contributed by atoms with Crippen molar-refractivity contribution in [3.63, 3.8) is 0 Å². The van der Waals surface area contributed by atoms with Crippen molar-refractivity contribution in [1.29, 1.82) is 0 Å². The van der Waals surface area contributed by atoms with E-state index in [1.807, 2.05) is 0 Å². The predicted molar refractivity (Wildman–Crippen MR) is 133 cm³/mol. The standard InChI is InChI=1S/C22H26Cl3N3O4S/c1-14(2)26-22(30)15(3)27(12-18-19(24)9-6-10-20(18)25)21(29)13-28(33(4,31)32)17-8-5-7-16(23)11-17/h5-11,14-15H,12-13H2,1-4H3,(H,26,30)/t15-/m0/s1. The van der Waals surface area contributed by atoms with Gasteiger partial charge < -0.3 is 10.2 Å². The fourth-order valence-corrected chi connectivity index (χ4v) is 4.63. The molecule has 7 nitrogen and oxygen atoms in total. The molecule has 2 rings (SSSR count). The molecule has 2 aromatic carbocycles. The van der Waals surface area contributed by atoms with Gasteiger partial charge in [-0.3, -0.25) is 13.9 Å². The van der Waals surface area contributed by atoms with Crippen LogP contribution in [-0.4, -0.2) is 50.0 Å². The lowest BCUT2D eigenvalue weighted by Gasteiger charge is -2.32. The van der Waals surface area contributed by atoms with Gasteiger partial charge in [0.25, 0.3) is 0 Å². The molecule has 0 heterocycles. The van der Waals surface area contributed by atoms with E-state index in [-0.39, 0.29) is 18.3 Å². The number of nitrogens with zero attached hydrogens (tertiary/aromatic N) is 2. The van der Waals surface area contributed by atoms with Gasteiger partial charge in [0.1, 0.15) is 12.6 Å². The van der Waals surface area contributed by atoms with E-state index in [2.05, 4.69) is 5.32 Å². The maximum absolute atomic E-state index is 13.4. The van der Waals surface area contributed by atoms with Crippen LogP contribution in [0, 0.1) is 0 Å². The number of benzene rings is 2. The summed E-state index contributed by atoms with van der Waals surface area (Å²) in [7, 11) is -3.84. The number of hydrogen-bond donors (Lipinski definition) is 1. The third kappa shape index (κ3) is 7.50. The summed E-state index contributed by atoms with van der Waals surface area (Å²) in [5, 5.41) is 3.74. The van der Waals surface area contributed by atoms with Crippen molar-refractivity contribution in [2.75, 3.05) is 17.1 Å². The fourth-order valence-electron chi connectivity index (χ4n) is 3.09. The second-order valence-electron chi connectivity index (χ2n) is 7.81. The van der Waals surface area contributed by atoms with Crippen LogP contribution in [0.3, 0.4) is 0 Å². The molecule has 0 bridgehead atoms. The molecule has 0 fully saturated rings. The monoisotopic (exact) mass is 533 g/mol. The van der Waals surface area contributed by atoms with Crippen LogP contribution in [0.25, 0.3) is 0 Å². The van der Waals surface area contributed by atoms with Gasteiger partial charge in [0.15, 0.2) is 0 Å². The van der Waals surface area contributed by atoms with Gasteiger partial charge in [-0.2, -0.15) is 0 Å². The molecular weight excluding hydrogens is 509 g/mol. The average molecular weight is 535 g/mol. The summed E-state index contributed by atoms with van der Waals surface area (Å²) in [5.74, 6) is -1.00. The number of nitrogens with one attached hydrogen (secondary N) is 1. The third-order valence-corrected chi connectivity index (χ3v) is 6.85. The predicted octanol–water partition coefficient (Wildman–Crippen LogP) is 4.35. The van der Waals surface area contributed by atoms with Crippen LogP contribution in [0.5, 0.6) is 0 Å². The molecule has 0 aliphatic rings. The zero-order chi connectivity index (χ0) is 24.9. The Morgan fingerprint density at radius 3 is 2.09 bits per heavy atom. The molecule has 0 spiro atoms. The summed E-state index contributed by atoms with van der Waals surface area (Å²) in [5.41, 5.74) is 0.681. The molecule has 0 aromatic heterocycles. The first-order valence-electron chi connectivity index (χ1n) is 10.1. The van der Waals surface area contributed by atoms with E-state index in [0.717, 1.165) is 10.6 Å². The van der Waals surface area contributed by atoms with E-state index in [1.54, 1.807) is 51.1 Å². The molecule has 0 saturated heterocycles. The Hall–Kier alpha value is -2.00. The molecule has 11 heteroatoms. The molecule has 1 N–H and O–H groups in total. The largest absolute Gasteiger partial charge is 0.352 e. The fraction of sp³-hybridized carbons (Fsp3) is 0.364. The number of hydrogen-bond acceptors (Lipinski definition) is 4. The van der Waals surface area contributed by atoms with Crippen molar-refractivity contribution >= 4 is 62.3 Å². The minimum atomic E-state index is -3.84. The van der Waals surface area contributed by atoms with E-state index < -0.39 is 34.4 Å². The zero-order valence-electron chi connectivity index (χ0n) is 18.7. The smallest absolute Gasteiger partial charge is 0.244 e. The first-order chi connectivity index (χ1) is 15.3. The second-order valence-corrected chi connectivity index (χ2v) is 11.0. The Kier molecular flexibility index (Phi) is 9.43. The SMILES string of the molecule is CC(C)NC(=O)[C@H](C)N(Cc1c(Cl)cccc1Cl)C(=O)CN(c1cccc(Cl)c1)S(C)(=O)=O. The summed E-state index contributed by atoms with van der Waals surface area (Å²) < 4.78 is 26.0. The van der Waals surface area contributed by atoms with E-state index in [1.165, 1.54) is 17.0 Å². The van der Waals surface area contributed by atoms with Gasteiger partial charge in [-0.25, -0.2) is 8.42 Å². The number of amides is 2. The number of carbonyl (C=O) groups is 2. The summed E-state index contributed by atoms with van der Waals surface area (Å²) in [6, 6.07) is 9.99. The number of halogens is 3. The van der Waals surface area contributed by atoms with Crippen molar-refractivity contribution in [1.82, 2.24) is 10.2 Å². The lowest BCUT2D eigenvalue weighted by atomic mass is 10.1. The van der Waals surface area contributed by atoms with Gasteiger partial charge in [0.2, 0.25) is 21.8 Å². The van der Waals surface area contributed by atoms with Crippen molar-refractivity contribution in [3.8, 4) is 0 Å². The Bertz CT molecular complexity index is 1110. The molecule has 2 aromatic rings. The molecule has 0 unspecified atom stereocenters. The van der Waals surface area contributed by atoms with E-state index >= 15 is 0 Å². The third-order valence-electron chi connectivity index (χ3n) is 4.76. The van der Waals surface area contributed by atoms with Gasteiger partial charge in [0, 0.05) is 33.2 Å². The highest BCUT2D eigenvalue weighted by molar-refractivity contribution is 7.92. The summed E-state index contributed by atoms with van der Waals surface area (Å²) in [6.45, 7) is 4.53. The zero-order valence-corrected chi connectivity index (χ0v) is 21.8. The van der Waals surface area contributed by atoms with E-state index in [4.69, 9.17) is 34.8 Å². The van der Waals surface area contributed by atoms with Gasteiger partial charge >= 0.3 is 0 Å².